The highest BCUT2D eigenvalue weighted by Gasteiger charge is 2.19. The van der Waals surface area contributed by atoms with Crippen molar-refractivity contribution < 1.29 is 9.84 Å². The van der Waals surface area contributed by atoms with E-state index in [0.717, 1.165) is 6.42 Å². The summed E-state index contributed by atoms with van der Waals surface area (Å²) in [5.74, 6) is 0.568. The van der Waals surface area contributed by atoms with Crippen LogP contribution in [0.2, 0.25) is 0 Å². The number of aliphatic hydroxyl groups is 1. The van der Waals surface area contributed by atoms with Crippen LogP contribution in [-0.4, -0.2) is 23.9 Å². The zero-order valence-corrected chi connectivity index (χ0v) is 8.57. The maximum Gasteiger partial charge on any atom is 0.0805 e. The van der Waals surface area contributed by atoms with Crippen LogP contribution in [0.5, 0.6) is 0 Å². The van der Waals surface area contributed by atoms with Crippen LogP contribution >= 0.6 is 0 Å². The monoisotopic (exact) mass is 184 g/mol. The Kier molecular flexibility index (Phi) is 4.46. The van der Waals surface area contributed by atoms with Gasteiger partial charge in [-0.1, -0.05) is 12.2 Å². The number of allylic oxidation sites excluding steroid dienone is 2. The van der Waals surface area contributed by atoms with Crippen molar-refractivity contribution in [2.45, 2.75) is 45.3 Å². The first kappa shape index (κ1) is 10.7. The van der Waals surface area contributed by atoms with E-state index >= 15 is 0 Å². The molecule has 1 aliphatic carbocycles. The molecule has 0 bridgehead atoms. The Bertz CT molecular complexity index is 165. The molecule has 1 aliphatic rings. The van der Waals surface area contributed by atoms with Crippen molar-refractivity contribution in [3.05, 3.63) is 12.2 Å². The second kappa shape index (κ2) is 5.40. The van der Waals surface area contributed by atoms with E-state index in [9.17, 15) is 5.11 Å². The lowest BCUT2D eigenvalue weighted by molar-refractivity contribution is -0.0290. The van der Waals surface area contributed by atoms with Crippen molar-refractivity contribution in [3.8, 4) is 0 Å². The van der Waals surface area contributed by atoms with Gasteiger partial charge in [0.1, 0.15) is 0 Å². The third kappa shape index (κ3) is 3.49. The predicted octanol–water partition coefficient (Wildman–Crippen LogP) is 2.13. The molecule has 3 atom stereocenters. The van der Waals surface area contributed by atoms with Crippen molar-refractivity contribution in [3.63, 3.8) is 0 Å². The molecule has 2 nitrogen and oxygen atoms in total. The van der Waals surface area contributed by atoms with Gasteiger partial charge in [-0.25, -0.2) is 0 Å². The summed E-state index contributed by atoms with van der Waals surface area (Å²) in [5, 5.41) is 9.75. The van der Waals surface area contributed by atoms with Gasteiger partial charge in [0, 0.05) is 6.61 Å². The standard InChI is InChI=1S/C11H20O2/c1-3-13-9(2)11(12)8-10-6-4-5-7-10/h4,6,9-12H,3,5,7-8H2,1-2H3/t9-,10-,11+/m0/s1. The van der Waals surface area contributed by atoms with E-state index in [4.69, 9.17) is 4.74 Å². The second-order valence-electron chi connectivity index (χ2n) is 3.73. The minimum absolute atomic E-state index is 0.0287. The normalized spacial score (nSPS) is 26.2. The van der Waals surface area contributed by atoms with Gasteiger partial charge in [-0.15, -0.1) is 0 Å². The van der Waals surface area contributed by atoms with Gasteiger partial charge < -0.3 is 9.84 Å². The van der Waals surface area contributed by atoms with Crippen LogP contribution in [0.25, 0.3) is 0 Å². The fourth-order valence-corrected chi connectivity index (χ4v) is 1.77. The average molecular weight is 184 g/mol. The Hall–Kier alpha value is -0.340. The first-order valence-corrected chi connectivity index (χ1v) is 5.20. The minimum atomic E-state index is -0.312. The van der Waals surface area contributed by atoms with E-state index in [1.165, 1.54) is 12.8 Å². The van der Waals surface area contributed by atoms with E-state index in [0.29, 0.717) is 12.5 Å². The Morgan fingerprint density at radius 2 is 2.38 bits per heavy atom. The molecule has 0 aliphatic heterocycles. The fourth-order valence-electron chi connectivity index (χ4n) is 1.77. The van der Waals surface area contributed by atoms with Crippen LogP contribution in [0.1, 0.15) is 33.1 Å². The Labute approximate surface area is 80.6 Å². The molecule has 0 aromatic carbocycles. The molecule has 0 spiro atoms. The topological polar surface area (TPSA) is 29.5 Å². The van der Waals surface area contributed by atoms with Gasteiger partial charge in [0.2, 0.25) is 0 Å². The zero-order valence-electron chi connectivity index (χ0n) is 8.57. The number of hydrogen-bond donors (Lipinski definition) is 1. The third-order valence-corrected chi connectivity index (χ3v) is 2.63. The number of hydrogen-bond acceptors (Lipinski definition) is 2. The minimum Gasteiger partial charge on any atom is -0.390 e. The molecule has 76 valence electrons. The van der Waals surface area contributed by atoms with Gasteiger partial charge in [-0.3, -0.25) is 0 Å². The highest BCUT2D eigenvalue weighted by molar-refractivity contribution is 4.97. The molecular formula is C11H20O2. The van der Waals surface area contributed by atoms with Crippen molar-refractivity contribution in [1.82, 2.24) is 0 Å². The van der Waals surface area contributed by atoms with Crippen molar-refractivity contribution in [1.29, 1.82) is 0 Å². The van der Waals surface area contributed by atoms with Crippen LogP contribution in [0, 0.1) is 5.92 Å². The van der Waals surface area contributed by atoms with E-state index in [1.54, 1.807) is 0 Å². The second-order valence-corrected chi connectivity index (χ2v) is 3.73. The maximum absolute atomic E-state index is 9.75. The molecule has 13 heavy (non-hydrogen) atoms. The van der Waals surface area contributed by atoms with Crippen LogP contribution < -0.4 is 0 Å². The van der Waals surface area contributed by atoms with E-state index in [-0.39, 0.29) is 12.2 Å². The van der Waals surface area contributed by atoms with E-state index < -0.39 is 0 Å². The summed E-state index contributed by atoms with van der Waals surface area (Å²) in [5.41, 5.74) is 0. The highest BCUT2D eigenvalue weighted by Crippen LogP contribution is 2.23. The van der Waals surface area contributed by atoms with E-state index in [2.05, 4.69) is 12.2 Å². The lowest BCUT2D eigenvalue weighted by atomic mass is 9.98. The molecule has 0 aromatic heterocycles. The SMILES string of the molecule is CCO[C@@H](C)[C@H](O)C[C@H]1C=CCC1. The van der Waals surface area contributed by atoms with Crippen LogP contribution in [0.15, 0.2) is 12.2 Å². The third-order valence-electron chi connectivity index (χ3n) is 2.63. The molecule has 0 amide bonds. The van der Waals surface area contributed by atoms with Gasteiger partial charge in [-0.2, -0.15) is 0 Å². The summed E-state index contributed by atoms with van der Waals surface area (Å²) in [6, 6.07) is 0. The molecule has 0 saturated heterocycles. The molecule has 0 radical (unpaired) electrons. The number of ether oxygens (including phenoxy) is 1. The summed E-state index contributed by atoms with van der Waals surface area (Å²) < 4.78 is 5.34. The van der Waals surface area contributed by atoms with Gasteiger partial charge in [-0.05, 0) is 39.0 Å². The van der Waals surface area contributed by atoms with Crippen molar-refractivity contribution in [2.75, 3.05) is 6.61 Å². The molecular weight excluding hydrogens is 164 g/mol. The Balaban J connectivity index is 2.22. The Morgan fingerprint density at radius 3 is 2.92 bits per heavy atom. The maximum atomic E-state index is 9.75. The summed E-state index contributed by atoms with van der Waals surface area (Å²) >= 11 is 0. The van der Waals surface area contributed by atoms with E-state index in [1.807, 2.05) is 13.8 Å². The van der Waals surface area contributed by atoms with Gasteiger partial charge >= 0.3 is 0 Å². The van der Waals surface area contributed by atoms with Crippen LogP contribution in [0.4, 0.5) is 0 Å². The molecule has 0 fully saturated rings. The lowest BCUT2D eigenvalue weighted by Gasteiger charge is -2.20. The first-order valence-electron chi connectivity index (χ1n) is 5.20. The zero-order chi connectivity index (χ0) is 9.68. The molecule has 1 N–H and O–H groups in total. The summed E-state index contributed by atoms with van der Waals surface area (Å²) in [7, 11) is 0. The molecule has 0 heterocycles. The number of rotatable bonds is 5. The highest BCUT2D eigenvalue weighted by atomic mass is 16.5. The smallest absolute Gasteiger partial charge is 0.0805 e. The van der Waals surface area contributed by atoms with Crippen molar-refractivity contribution >= 4 is 0 Å². The van der Waals surface area contributed by atoms with Gasteiger partial charge in [0.15, 0.2) is 0 Å². The summed E-state index contributed by atoms with van der Waals surface area (Å²) in [6.45, 7) is 4.57. The molecule has 0 aromatic rings. The molecule has 0 saturated carbocycles. The summed E-state index contributed by atoms with van der Waals surface area (Å²) in [4.78, 5) is 0. The molecule has 1 rings (SSSR count). The lowest BCUT2D eigenvalue weighted by Crippen LogP contribution is -2.27. The predicted molar refractivity (Wildman–Crippen MR) is 53.6 cm³/mol. The van der Waals surface area contributed by atoms with Crippen LogP contribution in [-0.2, 0) is 4.74 Å². The molecule has 0 unspecified atom stereocenters. The van der Waals surface area contributed by atoms with Crippen molar-refractivity contribution in [2.24, 2.45) is 5.92 Å². The average Bonchev–Trinajstić information content (AvgIpc) is 2.57. The number of aliphatic hydroxyl groups excluding tert-OH is 1. The fraction of sp³-hybridized carbons (Fsp3) is 0.818. The summed E-state index contributed by atoms with van der Waals surface area (Å²) in [6.07, 6.45) is 7.27. The van der Waals surface area contributed by atoms with Gasteiger partial charge in [0.05, 0.1) is 12.2 Å². The quantitative estimate of drug-likeness (QED) is 0.663. The Morgan fingerprint density at radius 1 is 1.62 bits per heavy atom. The van der Waals surface area contributed by atoms with Crippen LogP contribution in [0.3, 0.4) is 0 Å². The first-order chi connectivity index (χ1) is 6.24. The van der Waals surface area contributed by atoms with Gasteiger partial charge in [0.25, 0.3) is 0 Å². The largest absolute Gasteiger partial charge is 0.390 e. The molecule has 2 heteroatoms.